The van der Waals surface area contributed by atoms with E-state index in [1.165, 1.54) is 15.6 Å². The maximum atomic E-state index is 12.5. The second-order valence-corrected chi connectivity index (χ2v) is 8.71. The Labute approximate surface area is 140 Å². The van der Waals surface area contributed by atoms with Crippen LogP contribution >= 0.6 is 11.3 Å². The molecule has 5 nitrogen and oxygen atoms in total. The summed E-state index contributed by atoms with van der Waals surface area (Å²) >= 11 is 1.22. The fourth-order valence-electron chi connectivity index (χ4n) is 2.51. The number of thiophene rings is 1. The van der Waals surface area contributed by atoms with Crippen molar-refractivity contribution in [3.8, 4) is 0 Å². The van der Waals surface area contributed by atoms with Crippen LogP contribution in [-0.4, -0.2) is 31.7 Å². The van der Waals surface area contributed by atoms with Gasteiger partial charge in [0.1, 0.15) is 4.21 Å². The number of amides is 1. The lowest BCUT2D eigenvalue weighted by Crippen LogP contribution is -2.27. The third-order valence-corrected chi connectivity index (χ3v) is 7.21. The minimum absolute atomic E-state index is 0.164. The Morgan fingerprint density at radius 3 is 2.48 bits per heavy atom. The van der Waals surface area contributed by atoms with Gasteiger partial charge in [-0.3, -0.25) is 4.79 Å². The van der Waals surface area contributed by atoms with Gasteiger partial charge >= 0.3 is 0 Å². The Hall–Kier alpha value is -1.70. The van der Waals surface area contributed by atoms with Gasteiger partial charge in [0, 0.05) is 23.5 Å². The summed E-state index contributed by atoms with van der Waals surface area (Å²) in [4.78, 5) is 12.8. The summed E-state index contributed by atoms with van der Waals surface area (Å²) in [6, 6.07) is 12.3. The molecule has 1 aliphatic heterocycles. The molecule has 1 aromatic heterocycles. The van der Waals surface area contributed by atoms with Gasteiger partial charge in [-0.15, -0.1) is 11.3 Å². The topological polar surface area (TPSA) is 66.5 Å². The molecule has 2 heterocycles. The summed E-state index contributed by atoms with van der Waals surface area (Å²) in [7, 11) is -3.37. The van der Waals surface area contributed by atoms with Gasteiger partial charge in [0.05, 0.1) is 6.54 Å². The summed E-state index contributed by atoms with van der Waals surface area (Å²) in [5, 5.41) is 2.81. The maximum Gasteiger partial charge on any atom is 0.252 e. The zero-order valence-corrected chi connectivity index (χ0v) is 14.2. The summed E-state index contributed by atoms with van der Waals surface area (Å²) in [5.41, 5.74) is 0.592. The summed E-state index contributed by atoms with van der Waals surface area (Å²) in [5.74, 6) is -0.164. The number of hydrogen-bond acceptors (Lipinski definition) is 4. The van der Waals surface area contributed by atoms with Crippen LogP contribution in [0, 0.1) is 0 Å². The molecule has 3 rings (SSSR count). The van der Waals surface area contributed by atoms with Gasteiger partial charge in [0.15, 0.2) is 0 Å². The fraction of sp³-hybridized carbons (Fsp3) is 0.312. The van der Waals surface area contributed by atoms with Gasteiger partial charge in [-0.2, -0.15) is 4.31 Å². The molecule has 0 aliphatic carbocycles. The van der Waals surface area contributed by atoms with E-state index < -0.39 is 10.0 Å². The maximum absolute atomic E-state index is 12.5. The van der Waals surface area contributed by atoms with Gasteiger partial charge in [-0.25, -0.2) is 8.42 Å². The van der Waals surface area contributed by atoms with Crippen LogP contribution in [0.4, 0.5) is 0 Å². The minimum atomic E-state index is -3.37. The van der Waals surface area contributed by atoms with E-state index in [1.807, 2.05) is 6.07 Å². The standard InChI is InChI=1S/C16H18N2O3S2/c19-16(13-6-2-1-3-7-13)17-12-14-8-9-15(22-14)23(20,21)18-10-4-5-11-18/h1-3,6-9H,4-5,10-12H2,(H,17,19). The fourth-order valence-corrected chi connectivity index (χ4v) is 5.47. The van der Waals surface area contributed by atoms with E-state index in [9.17, 15) is 13.2 Å². The highest BCUT2D eigenvalue weighted by Crippen LogP contribution is 2.27. The number of nitrogens with zero attached hydrogens (tertiary/aromatic N) is 1. The van der Waals surface area contributed by atoms with Crippen LogP contribution in [0.25, 0.3) is 0 Å². The van der Waals surface area contributed by atoms with Crippen molar-refractivity contribution in [1.82, 2.24) is 9.62 Å². The highest BCUT2D eigenvalue weighted by Gasteiger charge is 2.28. The molecule has 1 fully saturated rings. The van der Waals surface area contributed by atoms with E-state index in [1.54, 1.807) is 36.4 Å². The molecule has 0 radical (unpaired) electrons. The van der Waals surface area contributed by atoms with Crippen LogP contribution < -0.4 is 5.32 Å². The molecule has 0 atom stereocenters. The van der Waals surface area contributed by atoms with Gasteiger partial charge in [0.2, 0.25) is 0 Å². The van der Waals surface area contributed by atoms with Crippen LogP contribution in [-0.2, 0) is 16.6 Å². The van der Waals surface area contributed by atoms with Crippen molar-refractivity contribution in [2.45, 2.75) is 23.6 Å². The second-order valence-electron chi connectivity index (χ2n) is 5.38. The molecule has 7 heteroatoms. The number of sulfonamides is 1. The number of rotatable bonds is 5. The molecule has 1 aromatic carbocycles. The van der Waals surface area contributed by atoms with Crippen LogP contribution in [0.1, 0.15) is 28.1 Å². The van der Waals surface area contributed by atoms with E-state index >= 15 is 0 Å². The lowest BCUT2D eigenvalue weighted by molar-refractivity contribution is 0.0951. The van der Waals surface area contributed by atoms with Gasteiger partial charge in [0.25, 0.3) is 15.9 Å². The van der Waals surface area contributed by atoms with E-state index in [0.717, 1.165) is 17.7 Å². The van der Waals surface area contributed by atoms with E-state index in [2.05, 4.69) is 5.32 Å². The minimum Gasteiger partial charge on any atom is -0.347 e. The van der Waals surface area contributed by atoms with Crippen LogP contribution in [0.3, 0.4) is 0 Å². The molecular formula is C16H18N2O3S2. The Balaban J connectivity index is 1.65. The Bertz CT molecular complexity index is 779. The number of nitrogens with one attached hydrogen (secondary N) is 1. The zero-order chi connectivity index (χ0) is 16.3. The Kier molecular flexibility index (Phi) is 4.79. The average molecular weight is 350 g/mol. The molecule has 23 heavy (non-hydrogen) atoms. The first-order chi connectivity index (χ1) is 11.1. The molecule has 0 saturated carbocycles. The van der Waals surface area contributed by atoms with Crippen LogP contribution in [0.5, 0.6) is 0 Å². The first-order valence-electron chi connectivity index (χ1n) is 7.49. The monoisotopic (exact) mass is 350 g/mol. The van der Waals surface area contributed by atoms with Gasteiger partial charge in [-0.05, 0) is 37.1 Å². The lowest BCUT2D eigenvalue weighted by atomic mass is 10.2. The smallest absolute Gasteiger partial charge is 0.252 e. The summed E-state index contributed by atoms with van der Waals surface area (Å²) in [6.45, 7) is 1.52. The van der Waals surface area contributed by atoms with Crippen molar-refractivity contribution in [3.05, 3.63) is 52.9 Å². The quantitative estimate of drug-likeness (QED) is 0.901. The number of carbonyl (C=O) groups excluding carboxylic acids is 1. The number of benzene rings is 1. The second kappa shape index (κ2) is 6.82. The molecule has 1 amide bonds. The molecule has 0 unspecified atom stereocenters. The third-order valence-electron chi connectivity index (χ3n) is 3.76. The average Bonchev–Trinajstić information content (AvgIpc) is 3.25. The van der Waals surface area contributed by atoms with Crippen molar-refractivity contribution in [2.24, 2.45) is 0 Å². The normalized spacial score (nSPS) is 15.7. The van der Waals surface area contributed by atoms with Crippen molar-refractivity contribution < 1.29 is 13.2 Å². The summed E-state index contributed by atoms with van der Waals surface area (Å²) in [6.07, 6.45) is 1.84. The molecule has 0 bridgehead atoms. The van der Waals surface area contributed by atoms with Gasteiger partial charge < -0.3 is 5.32 Å². The van der Waals surface area contributed by atoms with Crippen LogP contribution in [0.15, 0.2) is 46.7 Å². The number of carbonyl (C=O) groups is 1. The number of hydrogen-bond donors (Lipinski definition) is 1. The van der Waals surface area contributed by atoms with Crippen LogP contribution in [0.2, 0.25) is 0 Å². The third kappa shape index (κ3) is 3.63. The van der Waals surface area contributed by atoms with Crippen molar-refractivity contribution >= 4 is 27.3 Å². The first-order valence-corrected chi connectivity index (χ1v) is 9.75. The first kappa shape index (κ1) is 16.2. The molecule has 1 aliphatic rings. The van der Waals surface area contributed by atoms with Crippen molar-refractivity contribution in [1.29, 1.82) is 0 Å². The Morgan fingerprint density at radius 2 is 1.78 bits per heavy atom. The van der Waals surface area contributed by atoms with Crippen molar-refractivity contribution in [3.63, 3.8) is 0 Å². The molecule has 1 N–H and O–H groups in total. The largest absolute Gasteiger partial charge is 0.347 e. The predicted molar refractivity (Wildman–Crippen MR) is 89.9 cm³/mol. The summed E-state index contributed by atoms with van der Waals surface area (Å²) < 4.78 is 26.8. The highest BCUT2D eigenvalue weighted by atomic mass is 32.2. The lowest BCUT2D eigenvalue weighted by Gasteiger charge is -2.13. The zero-order valence-electron chi connectivity index (χ0n) is 12.6. The molecule has 1 saturated heterocycles. The highest BCUT2D eigenvalue weighted by molar-refractivity contribution is 7.91. The SMILES string of the molecule is O=C(NCc1ccc(S(=O)(=O)N2CCCC2)s1)c1ccccc1. The van der Waals surface area contributed by atoms with Crippen molar-refractivity contribution in [2.75, 3.05) is 13.1 Å². The molecule has 122 valence electrons. The van der Waals surface area contributed by atoms with Gasteiger partial charge in [-0.1, -0.05) is 18.2 Å². The van der Waals surface area contributed by atoms with E-state index in [-0.39, 0.29) is 5.91 Å². The molecular weight excluding hydrogens is 332 g/mol. The molecule has 2 aromatic rings. The van der Waals surface area contributed by atoms with E-state index in [0.29, 0.717) is 29.4 Å². The predicted octanol–water partition coefficient (Wildman–Crippen LogP) is 2.46. The Morgan fingerprint density at radius 1 is 1.09 bits per heavy atom. The molecule has 0 spiro atoms. The van der Waals surface area contributed by atoms with E-state index in [4.69, 9.17) is 0 Å².